The molecule has 3 heteroatoms. The van der Waals surface area contributed by atoms with Gasteiger partial charge < -0.3 is 15.7 Å². The van der Waals surface area contributed by atoms with Gasteiger partial charge in [0.2, 0.25) is 0 Å². The molecule has 0 spiro atoms. The Bertz CT molecular complexity index is 140. The third-order valence-electron chi connectivity index (χ3n) is 2.74. The fraction of sp³-hybridized carbons (Fsp3) is 1.00. The number of aliphatic hydroxyl groups is 1. The molecule has 1 heterocycles. The number of nitrogens with zero attached hydrogens (tertiary/aromatic N) is 1. The average Bonchev–Trinajstić information content (AvgIpc) is 2.31. The van der Waals surface area contributed by atoms with Gasteiger partial charge in [0.1, 0.15) is 0 Å². The van der Waals surface area contributed by atoms with Gasteiger partial charge in [-0.2, -0.15) is 0 Å². The lowest BCUT2D eigenvalue weighted by Crippen LogP contribution is -2.42. The molecule has 66 valence electrons. The monoisotopic (exact) mass is 158 g/mol. The largest absolute Gasteiger partial charge is 0.388 e. The van der Waals surface area contributed by atoms with E-state index in [0.717, 1.165) is 19.5 Å². The third-order valence-corrected chi connectivity index (χ3v) is 2.74. The first kappa shape index (κ1) is 8.97. The highest BCUT2D eigenvalue weighted by Crippen LogP contribution is 2.27. The van der Waals surface area contributed by atoms with Crippen molar-refractivity contribution in [1.29, 1.82) is 0 Å². The van der Waals surface area contributed by atoms with E-state index in [9.17, 15) is 5.11 Å². The van der Waals surface area contributed by atoms with Crippen LogP contribution < -0.4 is 5.73 Å². The average molecular weight is 158 g/mol. The maximum Gasteiger partial charge on any atom is 0.0823 e. The summed E-state index contributed by atoms with van der Waals surface area (Å²) >= 11 is 0. The number of nitrogens with two attached hydrogens (primary N) is 1. The van der Waals surface area contributed by atoms with Crippen molar-refractivity contribution in [1.82, 2.24) is 4.90 Å². The van der Waals surface area contributed by atoms with Gasteiger partial charge in [-0.25, -0.2) is 0 Å². The molecule has 3 N–H and O–H groups in total. The number of likely N-dealkylation sites (tertiary alicyclic amines) is 1. The quantitative estimate of drug-likeness (QED) is 0.577. The smallest absolute Gasteiger partial charge is 0.0823 e. The molecule has 0 amide bonds. The van der Waals surface area contributed by atoms with Crippen molar-refractivity contribution in [3.05, 3.63) is 0 Å². The molecule has 0 aromatic rings. The Labute approximate surface area is 68.2 Å². The Morgan fingerprint density at radius 1 is 1.73 bits per heavy atom. The van der Waals surface area contributed by atoms with Gasteiger partial charge in [-0.1, -0.05) is 6.92 Å². The van der Waals surface area contributed by atoms with Crippen LogP contribution in [-0.2, 0) is 0 Å². The predicted octanol–water partition coefficient (Wildman–Crippen LogP) is -0.352. The Morgan fingerprint density at radius 2 is 2.36 bits per heavy atom. The molecule has 1 aliphatic heterocycles. The van der Waals surface area contributed by atoms with Crippen molar-refractivity contribution in [3.8, 4) is 0 Å². The zero-order chi connectivity index (χ0) is 8.48. The molecule has 0 radical (unpaired) electrons. The van der Waals surface area contributed by atoms with Crippen LogP contribution in [-0.4, -0.2) is 42.3 Å². The molecule has 3 nitrogen and oxygen atoms in total. The lowest BCUT2D eigenvalue weighted by molar-refractivity contribution is 0.00330. The van der Waals surface area contributed by atoms with Crippen molar-refractivity contribution in [2.45, 2.75) is 18.9 Å². The second kappa shape index (κ2) is 3.09. The van der Waals surface area contributed by atoms with E-state index in [4.69, 9.17) is 5.73 Å². The maximum atomic E-state index is 10.0. The van der Waals surface area contributed by atoms with Crippen molar-refractivity contribution < 1.29 is 5.11 Å². The molecular formula is C8H18N2O. The molecule has 11 heavy (non-hydrogen) atoms. The van der Waals surface area contributed by atoms with Crippen molar-refractivity contribution in [2.24, 2.45) is 11.7 Å². The fourth-order valence-corrected chi connectivity index (χ4v) is 1.63. The van der Waals surface area contributed by atoms with E-state index in [1.54, 1.807) is 0 Å². The number of hydrogen-bond acceptors (Lipinski definition) is 3. The first-order chi connectivity index (χ1) is 5.08. The molecule has 0 aromatic carbocycles. The second-order valence-corrected chi connectivity index (χ2v) is 3.73. The number of rotatable bonds is 2. The van der Waals surface area contributed by atoms with Gasteiger partial charge in [-0.15, -0.1) is 0 Å². The maximum absolute atomic E-state index is 10.0. The Morgan fingerprint density at radius 3 is 2.73 bits per heavy atom. The van der Waals surface area contributed by atoms with Crippen LogP contribution in [0, 0.1) is 5.92 Å². The molecule has 1 rings (SSSR count). The second-order valence-electron chi connectivity index (χ2n) is 3.73. The molecule has 0 aromatic heterocycles. The van der Waals surface area contributed by atoms with Crippen LogP contribution in [0.25, 0.3) is 0 Å². The highest BCUT2D eigenvalue weighted by atomic mass is 16.3. The van der Waals surface area contributed by atoms with Crippen LogP contribution in [0.15, 0.2) is 0 Å². The summed E-state index contributed by atoms with van der Waals surface area (Å²) < 4.78 is 0. The summed E-state index contributed by atoms with van der Waals surface area (Å²) in [6.45, 7) is 4.34. The van der Waals surface area contributed by atoms with E-state index in [0.29, 0.717) is 6.54 Å². The Hall–Kier alpha value is -0.120. The van der Waals surface area contributed by atoms with E-state index in [2.05, 4.69) is 4.90 Å². The Balaban J connectivity index is 2.54. The van der Waals surface area contributed by atoms with Crippen LogP contribution >= 0.6 is 0 Å². The fourth-order valence-electron chi connectivity index (χ4n) is 1.63. The van der Waals surface area contributed by atoms with E-state index in [1.807, 2.05) is 14.0 Å². The van der Waals surface area contributed by atoms with Crippen molar-refractivity contribution >= 4 is 0 Å². The number of hydrogen-bond donors (Lipinski definition) is 2. The summed E-state index contributed by atoms with van der Waals surface area (Å²) in [5.74, 6) is 0.215. The zero-order valence-electron chi connectivity index (χ0n) is 7.38. The predicted molar refractivity (Wildman–Crippen MR) is 45.3 cm³/mol. The topological polar surface area (TPSA) is 49.5 Å². The molecule has 2 unspecified atom stereocenters. The first-order valence-corrected chi connectivity index (χ1v) is 4.19. The molecule has 0 bridgehead atoms. The molecule has 2 atom stereocenters. The number of β-amino-alcohol motifs (C(OH)–C–C–N with tert-alkyl or cyclic N) is 1. The standard InChI is InChI=1S/C8H18N2O/c1-7(5-9)8(11)3-4-10(2)6-8/h7,11H,3-6,9H2,1-2H3. The summed E-state index contributed by atoms with van der Waals surface area (Å²) in [7, 11) is 2.03. The lowest BCUT2D eigenvalue weighted by Gasteiger charge is -2.28. The molecule has 0 aliphatic carbocycles. The van der Waals surface area contributed by atoms with Gasteiger partial charge in [0, 0.05) is 13.1 Å². The van der Waals surface area contributed by atoms with Gasteiger partial charge in [0.25, 0.3) is 0 Å². The Kier molecular flexibility index (Phi) is 2.52. The summed E-state index contributed by atoms with van der Waals surface area (Å²) in [6, 6.07) is 0. The molecule has 0 saturated carbocycles. The van der Waals surface area contributed by atoms with E-state index in [-0.39, 0.29) is 5.92 Å². The van der Waals surface area contributed by atoms with Crippen molar-refractivity contribution in [2.75, 3.05) is 26.7 Å². The summed E-state index contributed by atoms with van der Waals surface area (Å²) in [4.78, 5) is 2.14. The molecular weight excluding hydrogens is 140 g/mol. The van der Waals surface area contributed by atoms with Gasteiger partial charge in [-0.05, 0) is 25.9 Å². The lowest BCUT2D eigenvalue weighted by atomic mass is 9.88. The van der Waals surface area contributed by atoms with Gasteiger partial charge in [0.05, 0.1) is 5.60 Å². The highest BCUT2D eigenvalue weighted by molar-refractivity contribution is 4.92. The summed E-state index contributed by atoms with van der Waals surface area (Å²) in [5, 5.41) is 10.0. The van der Waals surface area contributed by atoms with Gasteiger partial charge >= 0.3 is 0 Å². The van der Waals surface area contributed by atoms with E-state index in [1.165, 1.54) is 0 Å². The molecule has 1 fully saturated rings. The minimum Gasteiger partial charge on any atom is -0.388 e. The number of likely N-dealkylation sites (N-methyl/N-ethyl adjacent to an activating group) is 1. The van der Waals surface area contributed by atoms with Gasteiger partial charge in [-0.3, -0.25) is 0 Å². The normalized spacial score (nSPS) is 36.0. The van der Waals surface area contributed by atoms with Crippen LogP contribution in [0.3, 0.4) is 0 Å². The first-order valence-electron chi connectivity index (χ1n) is 4.19. The van der Waals surface area contributed by atoms with E-state index < -0.39 is 5.60 Å². The van der Waals surface area contributed by atoms with Crippen molar-refractivity contribution in [3.63, 3.8) is 0 Å². The van der Waals surface area contributed by atoms with Crippen LogP contribution in [0.4, 0.5) is 0 Å². The highest BCUT2D eigenvalue weighted by Gasteiger charge is 2.38. The van der Waals surface area contributed by atoms with E-state index >= 15 is 0 Å². The van der Waals surface area contributed by atoms with Crippen LogP contribution in [0.1, 0.15) is 13.3 Å². The SMILES string of the molecule is CC(CN)C1(O)CCN(C)C1. The third kappa shape index (κ3) is 1.72. The van der Waals surface area contributed by atoms with Crippen LogP contribution in [0.5, 0.6) is 0 Å². The summed E-state index contributed by atoms with van der Waals surface area (Å²) in [5.41, 5.74) is 4.98. The molecule has 1 aliphatic rings. The minimum atomic E-state index is -0.524. The minimum absolute atomic E-state index is 0.215. The molecule has 1 saturated heterocycles. The van der Waals surface area contributed by atoms with Gasteiger partial charge in [0.15, 0.2) is 0 Å². The summed E-state index contributed by atoms with van der Waals surface area (Å²) in [6.07, 6.45) is 0.863. The van der Waals surface area contributed by atoms with Crippen LogP contribution in [0.2, 0.25) is 0 Å². The zero-order valence-corrected chi connectivity index (χ0v) is 7.38.